The maximum Gasteiger partial charge on any atom is 0.333 e. The summed E-state index contributed by atoms with van der Waals surface area (Å²) in [6.45, 7) is 6.10. The average Bonchev–Trinajstić information content (AvgIpc) is 2.46. The van der Waals surface area contributed by atoms with E-state index in [9.17, 15) is 4.79 Å². The minimum absolute atomic E-state index is 0.295. The lowest BCUT2D eigenvalue weighted by molar-refractivity contribution is -0.144. The lowest BCUT2D eigenvalue weighted by Crippen LogP contribution is -2.24. The van der Waals surface area contributed by atoms with E-state index in [0.29, 0.717) is 12.3 Å². The van der Waals surface area contributed by atoms with E-state index in [0.717, 1.165) is 22.4 Å². The summed E-state index contributed by atoms with van der Waals surface area (Å²) >= 11 is 0. The second kappa shape index (κ2) is 6.98. The van der Waals surface area contributed by atoms with Crippen LogP contribution in [0.1, 0.15) is 29.7 Å². The van der Waals surface area contributed by atoms with E-state index in [1.165, 1.54) is 0 Å². The van der Waals surface area contributed by atoms with Gasteiger partial charge in [-0.15, -0.1) is 0 Å². The Labute approximate surface area is 131 Å². The highest BCUT2D eigenvalue weighted by Crippen LogP contribution is 2.25. The number of hydrogen-bond acceptors (Lipinski definition) is 4. The molecule has 3 N–H and O–H groups in total. The fourth-order valence-electron chi connectivity index (χ4n) is 2.41. The van der Waals surface area contributed by atoms with Gasteiger partial charge in [0.05, 0.1) is 6.61 Å². The number of nitrogen functional groups attached to an aromatic ring is 1. The first-order chi connectivity index (χ1) is 10.5. The first-order valence-electron chi connectivity index (χ1n) is 7.37. The zero-order valence-corrected chi connectivity index (χ0v) is 13.2. The Morgan fingerprint density at radius 3 is 2.64 bits per heavy atom. The molecule has 0 amide bonds. The minimum Gasteiger partial charge on any atom is -0.464 e. The van der Waals surface area contributed by atoms with Crippen molar-refractivity contribution < 1.29 is 9.53 Å². The SMILES string of the molecule is CCOC(=O)C(Nc1cccc(C)c1)c1ccc(N)cc1C. The Kier molecular flexibility index (Phi) is 5.04. The number of nitrogens with one attached hydrogen (secondary N) is 1. The van der Waals surface area contributed by atoms with Gasteiger partial charge in [-0.3, -0.25) is 0 Å². The number of anilines is 2. The summed E-state index contributed by atoms with van der Waals surface area (Å²) in [5.41, 5.74) is 10.3. The number of aryl methyl sites for hydroxylation is 2. The van der Waals surface area contributed by atoms with Crippen LogP contribution in [0, 0.1) is 13.8 Å². The summed E-state index contributed by atoms with van der Waals surface area (Å²) < 4.78 is 5.21. The maximum absolute atomic E-state index is 12.4. The number of ether oxygens (including phenoxy) is 1. The van der Waals surface area contributed by atoms with E-state index in [1.807, 2.05) is 50.2 Å². The van der Waals surface area contributed by atoms with Crippen LogP contribution in [0.4, 0.5) is 11.4 Å². The Balaban J connectivity index is 2.36. The molecule has 0 spiro atoms. The van der Waals surface area contributed by atoms with E-state index in [2.05, 4.69) is 5.32 Å². The molecule has 1 unspecified atom stereocenters. The van der Waals surface area contributed by atoms with Crippen molar-refractivity contribution in [2.45, 2.75) is 26.8 Å². The van der Waals surface area contributed by atoms with E-state index in [4.69, 9.17) is 10.5 Å². The molecule has 0 saturated carbocycles. The molecule has 22 heavy (non-hydrogen) atoms. The molecule has 0 aliphatic rings. The maximum atomic E-state index is 12.4. The van der Waals surface area contributed by atoms with Crippen molar-refractivity contribution in [1.82, 2.24) is 0 Å². The molecular weight excluding hydrogens is 276 g/mol. The van der Waals surface area contributed by atoms with Gasteiger partial charge in [0.15, 0.2) is 6.04 Å². The molecule has 116 valence electrons. The number of rotatable bonds is 5. The van der Waals surface area contributed by atoms with Crippen LogP contribution in [0.2, 0.25) is 0 Å². The molecule has 0 aliphatic heterocycles. The van der Waals surface area contributed by atoms with Crippen LogP contribution in [0.5, 0.6) is 0 Å². The van der Waals surface area contributed by atoms with Gasteiger partial charge in [-0.05, 0) is 61.7 Å². The summed E-state index contributed by atoms with van der Waals surface area (Å²) in [5.74, 6) is -0.295. The van der Waals surface area contributed by atoms with Gasteiger partial charge in [0.2, 0.25) is 0 Å². The first-order valence-corrected chi connectivity index (χ1v) is 7.37. The number of benzene rings is 2. The number of carbonyl (C=O) groups excluding carboxylic acids is 1. The molecule has 0 radical (unpaired) electrons. The van der Waals surface area contributed by atoms with Crippen molar-refractivity contribution in [2.24, 2.45) is 0 Å². The van der Waals surface area contributed by atoms with Gasteiger partial charge in [-0.2, -0.15) is 0 Å². The quantitative estimate of drug-likeness (QED) is 0.654. The van der Waals surface area contributed by atoms with E-state index in [1.54, 1.807) is 13.0 Å². The second-order valence-electron chi connectivity index (χ2n) is 5.31. The highest BCUT2D eigenvalue weighted by atomic mass is 16.5. The molecule has 0 aromatic heterocycles. The monoisotopic (exact) mass is 298 g/mol. The van der Waals surface area contributed by atoms with Crippen molar-refractivity contribution in [2.75, 3.05) is 17.7 Å². The zero-order chi connectivity index (χ0) is 16.1. The van der Waals surface area contributed by atoms with Gasteiger partial charge in [0.25, 0.3) is 0 Å². The molecule has 0 bridgehead atoms. The van der Waals surface area contributed by atoms with Gasteiger partial charge in [-0.1, -0.05) is 18.2 Å². The standard InChI is InChI=1S/C18H22N2O2/c1-4-22-18(21)17(16-9-8-14(19)11-13(16)3)20-15-7-5-6-12(2)10-15/h5-11,17,20H,4,19H2,1-3H3. The summed E-state index contributed by atoms with van der Waals surface area (Å²) in [6.07, 6.45) is 0. The Morgan fingerprint density at radius 1 is 1.23 bits per heavy atom. The molecule has 2 aromatic rings. The van der Waals surface area contributed by atoms with Crippen molar-refractivity contribution in [3.05, 3.63) is 59.2 Å². The Morgan fingerprint density at radius 2 is 2.00 bits per heavy atom. The van der Waals surface area contributed by atoms with Crippen LogP contribution >= 0.6 is 0 Å². The van der Waals surface area contributed by atoms with Gasteiger partial charge >= 0.3 is 5.97 Å². The molecule has 1 atom stereocenters. The number of esters is 1. The third-order valence-electron chi connectivity index (χ3n) is 3.46. The predicted octanol–water partition coefficient (Wildman–Crippen LogP) is 3.60. The van der Waals surface area contributed by atoms with Gasteiger partial charge in [0.1, 0.15) is 0 Å². The zero-order valence-electron chi connectivity index (χ0n) is 13.2. The normalized spacial score (nSPS) is 11.8. The fraction of sp³-hybridized carbons (Fsp3) is 0.278. The smallest absolute Gasteiger partial charge is 0.333 e. The van der Waals surface area contributed by atoms with Crippen LogP contribution in [-0.2, 0) is 9.53 Å². The van der Waals surface area contributed by atoms with Crippen molar-refractivity contribution in [3.63, 3.8) is 0 Å². The molecule has 0 fully saturated rings. The first kappa shape index (κ1) is 15.9. The number of carbonyl (C=O) groups is 1. The van der Waals surface area contributed by atoms with E-state index < -0.39 is 6.04 Å². The van der Waals surface area contributed by atoms with Crippen molar-refractivity contribution >= 4 is 17.3 Å². The van der Waals surface area contributed by atoms with Gasteiger partial charge in [0, 0.05) is 11.4 Å². The molecule has 0 heterocycles. The molecule has 2 aromatic carbocycles. The molecular formula is C18H22N2O2. The average molecular weight is 298 g/mol. The molecule has 0 aliphatic carbocycles. The van der Waals surface area contributed by atoms with Crippen LogP contribution in [0.3, 0.4) is 0 Å². The summed E-state index contributed by atoms with van der Waals surface area (Å²) in [4.78, 5) is 12.4. The largest absolute Gasteiger partial charge is 0.464 e. The van der Waals surface area contributed by atoms with E-state index >= 15 is 0 Å². The van der Waals surface area contributed by atoms with Gasteiger partial charge in [-0.25, -0.2) is 4.79 Å². The van der Waals surface area contributed by atoms with Gasteiger partial charge < -0.3 is 15.8 Å². The summed E-state index contributed by atoms with van der Waals surface area (Å²) in [5, 5.41) is 3.27. The summed E-state index contributed by atoms with van der Waals surface area (Å²) in [7, 11) is 0. The lowest BCUT2D eigenvalue weighted by Gasteiger charge is -2.21. The molecule has 0 saturated heterocycles. The lowest BCUT2D eigenvalue weighted by atomic mass is 10.00. The molecule has 2 rings (SSSR count). The highest BCUT2D eigenvalue weighted by Gasteiger charge is 2.23. The summed E-state index contributed by atoms with van der Waals surface area (Å²) in [6, 6.07) is 12.9. The number of nitrogens with two attached hydrogens (primary N) is 1. The fourth-order valence-corrected chi connectivity index (χ4v) is 2.41. The van der Waals surface area contributed by atoms with Crippen LogP contribution in [0.15, 0.2) is 42.5 Å². The van der Waals surface area contributed by atoms with Crippen LogP contribution in [0.25, 0.3) is 0 Å². The topological polar surface area (TPSA) is 64.3 Å². The predicted molar refractivity (Wildman–Crippen MR) is 89.8 cm³/mol. The third kappa shape index (κ3) is 3.79. The van der Waals surface area contributed by atoms with Crippen LogP contribution < -0.4 is 11.1 Å². The minimum atomic E-state index is -0.553. The Hall–Kier alpha value is -2.49. The molecule has 4 heteroatoms. The van der Waals surface area contributed by atoms with E-state index in [-0.39, 0.29) is 5.97 Å². The third-order valence-corrected chi connectivity index (χ3v) is 3.46. The molecule has 4 nitrogen and oxygen atoms in total. The van der Waals surface area contributed by atoms with Crippen molar-refractivity contribution in [1.29, 1.82) is 0 Å². The van der Waals surface area contributed by atoms with Crippen molar-refractivity contribution in [3.8, 4) is 0 Å². The van der Waals surface area contributed by atoms with Crippen LogP contribution in [-0.4, -0.2) is 12.6 Å². The Bertz CT molecular complexity index is 668. The number of hydrogen-bond donors (Lipinski definition) is 2. The highest BCUT2D eigenvalue weighted by molar-refractivity contribution is 5.82. The second-order valence-corrected chi connectivity index (χ2v) is 5.31.